The molecule has 1 fully saturated rings. The van der Waals surface area contributed by atoms with Gasteiger partial charge in [0.2, 0.25) is 0 Å². The molecule has 5 nitrogen and oxygen atoms in total. The molecule has 4 rings (SSSR count). The second kappa shape index (κ2) is 8.67. The molecule has 0 saturated carbocycles. The van der Waals surface area contributed by atoms with Crippen LogP contribution in [-0.4, -0.2) is 23.4 Å². The van der Waals surface area contributed by atoms with E-state index < -0.39 is 23.5 Å². The fourth-order valence-electron chi connectivity index (χ4n) is 3.94. The molecule has 162 valence electrons. The molecule has 1 atom stereocenters. The molecule has 0 spiro atoms. The summed E-state index contributed by atoms with van der Waals surface area (Å²) in [5, 5.41) is 11.2. The van der Waals surface area contributed by atoms with Crippen LogP contribution in [-0.2, 0) is 9.59 Å². The Morgan fingerprint density at radius 1 is 1.03 bits per heavy atom. The zero-order chi connectivity index (χ0) is 22.8. The summed E-state index contributed by atoms with van der Waals surface area (Å²) in [7, 11) is 0. The summed E-state index contributed by atoms with van der Waals surface area (Å²) in [6.45, 7) is 4.18. The molecule has 1 N–H and O–H groups in total. The molecule has 1 aliphatic heterocycles. The SMILES string of the molecule is CCOc1cccc(/C(O)=C2\C(=O)C(=O)N(c3cccc(F)c3)C2c2cccc(C)c2)c1. The average molecular weight is 431 g/mol. The summed E-state index contributed by atoms with van der Waals surface area (Å²) in [4.78, 5) is 27.5. The molecule has 1 amide bonds. The number of anilines is 1. The van der Waals surface area contributed by atoms with Crippen molar-refractivity contribution in [3.05, 3.63) is 101 Å². The first-order valence-electron chi connectivity index (χ1n) is 10.3. The van der Waals surface area contributed by atoms with Crippen molar-refractivity contribution in [2.75, 3.05) is 11.5 Å². The number of rotatable bonds is 5. The molecule has 0 bridgehead atoms. The van der Waals surface area contributed by atoms with E-state index in [4.69, 9.17) is 4.74 Å². The Hall–Kier alpha value is -3.93. The highest BCUT2D eigenvalue weighted by atomic mass is 19.1. The Bertz CT molecular complexity index is 1230. The zero-order valence-electron chi connectivity index (χ0n) is 17.7. The Kier molecular flexibility index (Phi) is 5.77. The van der Waals surface area contributed by atoms with Gasteiger partial charge in [-0.05, 0) is 49.7 Å². The molecule has 3 aromatic carbocycles. The van der Waals surface area contributed by atoms with E-state index in [-0.39, 0.29) is 17.0 Å². The quantitative estimate of drug-likeness (QED) is 0.344. The van der Waals surface area contributed by atoms with Crippen LogP contribution < -0.4 is 9.64 Å². The minimum Gasteiger partial charge on any atom is -0.507 e. The van der Waals surface area contributed by atoms with E-state index in [1.807, 2.05) is 32.0 Å². The molecular weight excluding hydrogens is 409 g/mol. The Morgan fingerprint density at radius 2 is 1.78 bits per heavy atom. The number of carbonyl (C=O) groups excluding carboxylic acids is 2. The molecule has 1 aliphatic rings. The summed E-state index contributed by atoms with van der Waals surface area (Å²) in [5.74, 6) is -1.97. The lowest BCUT2D eigenvalue weighted by atomic mass is 9.94. The van der Waals surface area contributed by atoms with Crippen LogP contribution in [0.25, 0.3) is 5.76 Å². The van der Waals surface area contributed by atoms with Crippen molar-refractivity contribution in [2.24, 2.45) is 0 Å². The van der Waals surface area contributed by atoms with Crippen LogP contribution in [0.15, 0.2) is 78.4 Å². The first kappa shape index (κ1) is 21.3. The Labute approximate surface area is 185 Å². The van der Waals surface area contributed by atoms with Crippen LogP contribution in [0.3, 0.4) is 0 Å². The molecule has 1 saturated heterocycles. The smallest absolute Gasteiger partial charge is 0.300 e. The van der Waals surface area contributed by atoms with Crippen LogP contribution in [0.1, 0.15) is 29.7 Å². The van der Waals surface area contributed by atoms with Crippen molar-refractivity contribution < 1.29 is 23.8 Å². The second-order valence-electron chi connectivity index (χ2n) is 7.52. The number of Topliss-reactive ketones (excluding diaryl/α,β-unsaturated/α-hetero) is 1. The summed E-state index contributed by atoms with van der Waals surface area (Å²) in [6, 6.07) is 18.6. The van der Waals surface area contributed by atoms with Crippen molar-refractivity contribution in [1.29, 1.82) is 0 Å². The monoisotopic (exact) mass is 431 g/mol. The van der Waals surface area contributed by atoms with E-state index in [9.17, 15) is 19.1 Å². The van der Waals surface area contributed by atoms with Crippen LogP contribution >= 0.6 is 0 Å². The summed E-state index contributed by atoms with van der Waals surface area (Å²) in [5.41, 5.74) is 2.09. The number of benzene rings is 3. The first-order chi connectivity index (χ1) is 15.4. The van der Waals surface area contributed by atoms with E-state index in [0.29, 0.717) is 23.5 Å². The molecule has 0 aliphatic carbocycles. The van der Waals surface area contributed by atoms with Crippen LogP contribution in [0, 0.1) is 12.7 Å². The highest BCUT2D eigenvalue weighted by Crippen LogP contribution is 2.42. The third-order valence-corrected chi connectivity index (χ3v) is 5.31. The fraction of sp³-hybridized carbons (Fsp3) is 0.154. The lowest BCUT2D eigenvalue weighted by Gasteiger charge is -2.25. The third kappa shape index (κ3) is 3.87. The molecule has 1 heterocycles. The number of aliphatic hydroxyl groups excluding tert-OH is 1. The van der Waals surface area contributed by atoms with E-state index in [0.717, 1.165) is 5.56 Å². The van der Waals surface area contributed by atoms with Crippen molar-refractivity contribution in [3.8, 4) is 5.75 Å². The van der Waals surface area contributed by atoms with Gasteiger partial charge in [-0.2, -0.15) is 0 Å². The minimum atomic E-state index is -0.910. The lowest BCUT2D eigenvalue weighted by Crippen LogP contribution is -2.29. The second-order valence-corrected chi connectivity index (χ2v) is 7.52. The first-order valence-corrected chi connectivity index (χ1v) is 10.3. The number of carbonyl (C=O) groups is 2. The number of ketones is 1. The number of aliphatic hydroxyl groups is 1. The summed E-state index contributed by atoms with van der Waals surface area (Å²) < 4.78 is 19.5. The van der Waals surface area contributed by atoms with Gasteiger partial charge in [-0.1, -0.05) is 48.0 Å². The maximum Gasteiger partial charge on any atom is 0.300 e. The molecule has 0 radical (unpaired) electrons. The van der Waals surface area contributed by atoms with Crippen molar-refractivity contribution in [1.82, 2.24) is 0 Å². The van der Waals surface area contributed by atoms with Crippen molar-refractivity contribution in [3.63, 3.8) is 0 Å². The number of hydrogen-bond donors (Lipinski definition) is 1. The Morgan fingerprint density at radius 3 is 2.50 bits per heavy atom. The van der Waals surface area contributed by atoms with E-state index in [1.165, 1.54) is 23.1 Å². The molecule has 6 heteroatoms. The predicted octanol–water partition coefficient (Wildman–Crippen LogP) is 5.16. The number of amides is 1. The van der Waals surface area contributed by atoms with Gasteiger partial charge in [0.1, 0.15) is 17.3 Å². The van der Waals surface area contributed by atoms with Gasteiger partial charge < -0.3 is 9.84 Å². The Balaban J connectivity index is 1.94. The summed E-state index contributed by atoms with van der Waals surface area (Å²) in [6.07, 6.45) is 0. The minimum absolute atomic E-state index is 0.0569. The van der Waals surface area contributed by atoms with Gasteiger partial charge in [-0.25, -0.2) is 4.39 Å². The largest absolute Gasteiger partial charge is 0.507 e. The van der Waals surface area contributed by atoms with Crippen LogP contribution in [0.4, 0.5) is 10.1 Å². The van der Waals surface area contributed by atoms with Gasteiger partial charge in [0.15, 0.2) is 0 Å². The van der Waals surface area contributed by atoms with Crippen molar-refractivity contribution in [2.45, 2.75) is 19.9 Å². The highest BCUT2D eigenvalue weighted by molar-refractivity contribution is 6.51. The number of hydrogen-bond acceptors (Lipinski definition) is 4. The lowest BCUT2D eigenvalue weighted by molar-refractivity contribution is -0.132. The van der Waals surface area contributed by atoms with E-state index in [2.05, 4.69) is 0 Å². The van der Waals surface area contributed by atoms with Gasteiger partial charge >= 0.3 is 0 Å². The summed E-state index contributed by atoms with van der Waals surface area (Å²) >= 11 is 0. The predicted molar refractivity (Wildman–Crippen MR) is 120 cm³/mol. The van der Waals surface area contributed by atoms with E-state index >= 15 is 0 Å². The number of nitrogens with zero attached hydrogens (tertiary/aromatic N) is 1. The average Bonchev–Trinajstić information content (AvgIpc) is 3.04. The van der Waals surface area contributed by atoms with Gasteiger partial charge in [0.05, 0.1) is 18.2 Å². The molecule has 1 unspecified atom stereocenters. The van der Waals surface area contributed by atoms with Crippen LogP contribution in [0.5, 0.6) is 5.75 Å². The number of aryl methyl sites for hydroxylation is 1. The topological polar surface area (TPSA) is 66.8 Å². The van der Waals surface area contributed by atoms with Crippen molar-refractivity contribution >= 4 is 23.1 Å². The maximum atomic E-state index is 14.0. The van der Waals surface area contributed by atoms with Crippen LogP contribution in [0.2, 0.25) is 0 Å². The van der Waals surface area contributed by atoms with Gasteiger partial charge in [-0.15, -0.1) is 0 Å². The highest BCUT2D eigenvalue weighted by Gasteiger charge is 2.47. The van der Waals surface area contributed by atoms with Gasteiger partial charge in [-0.3, -0.25) is 14.5 Å². The number of ether oxygens (including phenoxy) is 1. The normalized spacial score (nSPS) is 17.6. The maximum absolute atomic E-state index is 14.0. The molecule has 32 heavy (non-hydrogen) atoms. The zero-order valence-corrected chi connectivity index (χ0v) is 17.7. The molecule has 0 aromatic heterocycles. The number of halogens is 1. The van der Waals surface area contributed by atoms with Gasteiger partial charge in [0.25, 0.3) is 11.7 Å². The standard InChI is InChI=1S/C26H22FNO4/c1-3-32-21-12-5-9-18(14-21)24(29)22-23(17-8-4-7-16(2)13-17)28(26(31)25(22)30)20-11-6-10-19(27)15-20/h4-15,23,29H,3H2,1-2H3/b24-22+. The van der Waals surface area contributed by atoms with E-state index in [1.54, 1.807) is 36.4 Å². The molecule has 3 aromatic rings. The third-order valence-electron chi connectivity index (χ3n) is 5.31. The fourth-order valence-corrected chi connectivity index (χ4v) is 3.94. The van der Waals surface area contributed by atoms with Gasteiger partial charge in [0, 0.05) is 11.3 Å². The molecular formula is C26H22FNO4.